The van der Waals surface area contributed by atoms with E-state index in [1.54, 1.807) is 6.20 Å². The Labute approximate surface area is 119 Å². The van der Waals surface area contributed by atoms with Crippen LogP contribution in [0.2, 0.25) is 0 Å². The molecule has 0 fully saturated rings. The molecule has 2 aromatic rings. The molecule has 106 valence electrons. The molecule has 0 aliphatic carbocycles. The van der Waals surface area contributed by atoms with Crippen LogP contribution < -0.4 is 4.74 Å². The minimum Gasteiger partial charge on any atom is -0.494 e. The summed E-state index contributed by atoms with van der Waals surface area (Å²) in [4.78, 5) is 11.1. The molecule has 2 rings (SSSR count). The van der Waals surface area contributed by atoms with Gasteiger partial charge in [0.15, 0.2) is 6.29 Å². The Hall–Kier alpha value is -2.10. The SMILES string of the molecule is CCCOc1ccc(-c2nn(CCC)cc2C=O)cc1. The molecule has 4 nitrogen and oxygen atoms in total. The molecule has 1 heterocycles. The van der Waals surface area contributed by atoms with Crippen LogP contribution in [0.5, 0.6) is 5.75 Å². The van der Waals surface area contributed by atoms with Gasteiger partial charge in [0.05, 0.1) is 12.2 Å². The number of aromatic nitrogens is 2. The second kappa shape index (κ2) is 6.89. The molecule has 0 amide bonds. The highest BCUT2D eigenvalue weighted by atomic mass is 16.5. The zero-order chi connectivity index (χ0) is 14.4. The van der Waals surface area contributed by atoms with Gasteiger partial charge in [-0.25, -0.2) is 0 Å². The van der Waals surface area contributed by atoms with Gasteiger partial charge < -0.3 is 4.74 Å². The second-order valence-corrected chi connectivity index (χ2v) is 4.69. The van der Waals surface area contributed by atoms with Crippen LogP contribution in [0.25, 0.3) is 11.3 Å². The number of benzene rings is 1. The van der Waals surface area contributed by atoms with Crippen molar-refractivity contribution < 1.29 is 9.53 Å². The molecule has 0 aliphatic heterocycles. The topological polar surface area (TPSA) is 44.1 Å². The molecule has 0 bridgehead atoms. The Bertz CT molecular complexity index is 558. The van der Waals surface area contributed by atoms with Gasteiger partial charge in [0.2, 0.25) is 0 Å². The first-order valence-electron chi connectivity index (χ1n) is 7.04. The van der Waals surface area contributed by atoms with E-state index in [0.717, 1.165) is 42.7 Å². The summed E-state index contributed by atoms with van der Waals surface area (Å²) in [7, 11) is 0. The number of rotatable bonds is 7. The third kappa shape index (κ3) is 3.26. The van der Waals surface area contributed by atoms with Crippen molar-refractivity contribution in [1.82, 2.24) is 9.78 Å². The molecule has 0 unspecified atom stereocenters. The average molecular weight is 272 g/mol. The van der Waals surface area contributed by atoms with Gasteiger partial charge in [-0.3, -0.25) is 9.48 Å². The van der Waals surface area contributed by atoms with E-state index in [-0.39, 0.29) is 0 Å². The largest absolute Gasteiger partial charge is 0.494 e. The van der Waals surface area contributed by atoms with Crippen molar-refractivity contribution in [3.05, 3.63) is 36.0 Å². The highest BCUT2D eigenvalue weighted by molar-refractivity contribution is 5.85. The smallest absolute Gasteiger partial charge is 0.153 e. The number of nitrogens with zero attached hydrogens (tertiary/aromatic N) is 2. The summed E-state index contributed by atoms with van der Waals surface area (Å²) in [6, 6.07) is 7.71. The normalized spacial score (nSPS) is 10.5. The van der Waals surface area contributed by atoms with Gasteiger partial charge in [-0.15, -0.1) is 0 Å². The van der Waals surface area contributed by atoms with Crippen LogP contribution in [0.15, 0.2) is 30.5 Å². The third-order valence-corrected chi connectivity index (χ3v) is 2.97. The number of ether oxygens (including phenoxy) is 1. The van der Waals surface area contributed by atoms with E-state index in [9.17, 15) is 4.79 Å². The maximum Gasteiger partial charge on any atom is 0.153 e. The Balaban J connectivity index is 2.24. The van der Waals surface area contributed by atoms with Crippen molar-refractivity contribution >= 4 is 6.29 Å². The fraction of sp³-hybridized carbons (Fsp3) is 0.375. The summed E-state index contributed by atoms with van der Waals surface area (Å²) in [5.74, 6) is 0.844. The standard InChI is InChI=1S/C16H20N2O2/c1-3-9-18-11-14(12-19)16(17-18)13-5-7-15(8-6-13)20-10-4-2/h5-8,11-12H,3-4,9-10H2,1-2H3. The monoisotopic (exact) mass is 272 g/mol. The van der Waals surface area contributed by atoms with Gasteiger partial charge >= 0.3 is 0 Å². The first-order valence-corrected chi connectivity index (χ1v) is 7.04. The summed E-state index contributed by atoms with van der Waals surface area (Å²) in [5, 5.41) is 4.48. The van der Waals surface area contributed by atoms with E-state index in [1.165, 1.54) is 0 Å². The molecule has 1 aromatic carbocycles. The zero-order valence-corrected chi connectivity index (χ0v) is 12.0. The van der Waals surface area contributed by atoms with E-state index in [1.807, 2.05) is 28.9 Å². The molecular weight excluding hydrogens is 252 g/mol. The number of carbonyl (C=O) groups is 1. The Morgan fingerprint density at radius 1 is 1.20 bits per heavy atom. The minimum atomic E-state index is 0.626. The molecule has 4 heteroatoms. The van der Waals surface area contributed by atoms with Crippen molar-refractivity contribution in [2.45, 2.75) is 33.2 Å². The maximum atomic E-state index is 11.1. The second-order valence-electron chi connectivity index (χ2n) is 4.69. The quantitative estimate of drug-likeness (QED) is 0.724. The van der Waals surface area contributed by atoms with E-state index in [4.69, 9.17) is 4.74 Å². The Morgan fingerprint density at radius 3 is 2.55 bits per heavy atom. The fourth-order valence-corrected chi connectivity index (χ4v) is 2.02. The fourth-order valence-electron chi connectivity index (χ4n) is 2.02. The van der Waals surface area contributed by atoms with Crippen molar-refractivity contribution in [1.29, 1.82) is 0 Å². The minimum absolute atomic E-state index is 0.626. The molecule has 1 aromatic heterocycles. The van der Waals surface area contributed by atoms with E-state index < -0.39 is 0 Å². The summed E-state index contributed by atoms with van der Waals surface area (Å²) in [6.45, 7) is 5.69. The van der Waals surface area contributed by atoms with Crippen LogP contribution >= 0.6 is 0 Å². The molecule has 0 aliphatic rings. The summed E-state index contributed by atoms with van der Waals surface area (Å²) in [6.07, 6.45) is 4.63. The first-order chi connectivity index (χ1) is 9.78. The van der Waals surface area contributed by atoms with Crippen LogP contribution in [-0.4, -0.2) is 22.7 Å². The summed E-state index contributed by atoms with van der Waals surface area (Å²) in [5.41, 5.74) is 2.29. The molecule has 0 radical (unpaired) electrons. The lowest BCUT2D eigenvalue weighted by atomic mass is 10.1. The summed E-state index contributed by atoms with van der Waals surface area (Å²) < 4.78 is 7.37. The zero-order valence-electron chi connectivity index (χ0n) is 12.0. The van der Waals surface area contributed by atoms with Crippen LogP contribution in [0.4, 0.5) is 0 Å². The first kappa shape index (κ1) is 14.3. The third-order valence-electron chi connectivity index (χ3n) is 2.97. The lowest BCUT2D eigenvalue weighted by Crippen LogP contribution is -1.97. The molecule has 0 saturated carbocycles. The Kier molecular flexibility index (Phi) is 4.93. The number of aryl methyl sites for hydroxylation is 1. The van der Waals surface area contributed by atoms with Crippen molar-refractivity contribution in [2.24, 2.45) is 0 Å². The van der Waals surface area contributed by atoms with Crippen LogP contribution in [0.1, 0.15) is 37.0 Å². The lowest BCUT2D eigenvalue weighted by Gasteiger charge is -2.05. The molecule has 0 spiro atoms. The van der Waals surface area contributed by atoms with Gasteiger partial charge in [0.1, 0.15) is 11.4 Å². The van der Waals surface area contributed by atoms with E-state index in [2.05, 4.69) is 18.9 Å². The van der Waals surface area contributed by atoms with Gasteiger partial charge in [-0.05, 0) is 37.1 Å². The van der Waals surface area contributed by atoms with Gasteiger partial charge in [-0.2, -0.15) is 5.10 Å². The number of hydrogen-bond donors (Lipinski definition) is 0. The van der Waals surface area contributed by atoms with Crippen molar-refractivity contribution in [3.63, 3.8) is 0 Å². The van der Waals surface area contributed by atoms with Gasteiger partial charge in [0, 0.05) is 18.3 Å². The van der Waals surface area contributed by atoms with Gasteiger partial charge in [-0.1, -0.05) is 13.8 Å². The van der Waals surface area contributed by atoms with E-state index in [0.29, 0.717) is 12.2 Å². The maximum absolute atomic E-state index is 11.1. The highest BCUT2D eigenvalue weighted by Crippen LogP contribution is 2.23. The predicted octanol–water partition coefficient (Wildman–Crippen LogP) is 3.56. The molecule has 0 N–H and O–H groups in total. The van der Waals surface area contributed by atoms with Crippen LogP contribution in [0, 0.1) is 0 Å². The highest BCUT2D eigenvalue weighted by Gasteiger charge is 2.10. The molecule has 20 heavy (non-hydrogen) atoms. The van der Waals surface area contributed by atoms with Crippen LogP contribution in [-0.2, 0) is 6.54 Å². The van der Waals surface area contributed by atoms with Gasteiger partial charge in [0.25, 0.3) is 0 Å². The summed E-state index contributed by atoms with van der Waals surface area (Å²) >= 11 is 0. The van der Waals surface area contributed by atoms with Crippen molar-refractivity contribution in [2.75, 3.05) is 6.61 Å². The average Bonchev–Trinajstić information content (AvgIpc) is 2.89. The van der Waals surface area contributed by atoms with E-state index >= 15 is 0 Å². The number of hydrogen-bond acceptors (Lipinski definition) is 3. The lowest BCUT2D eigenvalue weighted by molar-refractivity contribution is 0.112. The number of carbonyl (C=O) groups excluding carboxylic acids is 1. The van der Waals surface area contributed by atoms with Crippen LogP contribution in [0.3, 0.4) is 0 Å². The number of aldehydes is 1. The Morgan fingerprint density at radius 2 is 1.95 bits per heavy atom. The molecular formula is C16H20N2O2. The predicted molar refractivity (Wildman–Crippen MR) is 79.1 cm³/mol. The molecule has 0 saturated heterocycles. The molecule has 0 atom stereocenters. The van der Waals surface area contributed by atoms with Crippen molar-refractivity contribution in [3.8, 4) is 17.0 Å².